The van der Waals surface area contributed by atoms with Gasteiger partial charge in [-0.25, -0.2) is 0 Å². The van der Waals surface area contributed by atoms with Crippen molar-refractivity contribution in [1.29, 1.82) is 0 Å². The zero-order valence-corrected chi connectivity index (χ0v) is 20.7. The first-order chi connectivity index (χ1) is 16.7. The smallest absolute Gasteiger partial charge is 0.300 e. The minimum atomic E-state index is -0.764. The van der Waals surface area contributed by atoms with Gasteiger partial charge >= 0.3 is 0 Å². The molecule has 6 heteroatoms. The Morgan fingerprint density at radius 1 is 1.00 bits per heavy atom. The van der Waals surface area contributed by atoms with Crippen LogP contribution in [0.3, 0.4) is 0 Å². The van der Waals surface area contributed by atoms with E-state index >= 15 is 0 Å². The number of hydrogen-bond donors (Lipinski definition) is 1. The molecule has 1 unspecified atom stereocenters. The van der Waals surface area contributed by atoms with Crippen molar-refractivity contribution in [3.8, 4) is 5.75 Å². The van der Waals surface area contributed by atoms with Gasteiger partial charge in [0.15, 0.2) is 0 Å². The molecule has 1 aliphatic rings. The summed E-state index contributed by atoms with van der Waals surface area (Å²) in [5.74, 6) is -0.870. The van der Waals surface area contributed by atoms with Crippen LogP contribution in [0.15, 0.2) is 72.3 Å². The molecule has 0 radical (unpaired) electrons. The van der Waals surface area contributed by atoms with Crippen LogP contribution in [0.2, 0.25) is 0 Å². The minimum Gasteiger partial charge on any atom is -0.507 e. The lowest BCUT2D eigenvalue weighted by atomic mass is 9.94. The van der Waals surface area contributed by atoms with Gasteiger partial charge < -0.3 is 14.7 Å². The van der Waals surface area contributed by atoms with E-state index < -0.39 is 17.7 Å². The average molecular weight is 471 g/mol. The van der Waals surface area contributed by atoms with Crippen LogP contribution >= 0.6 is 0 Å². The normalized spacial score (nSPS) is 17.1. The topological polar surface area (TPSA) is 70.1 Å². The van der Waals surface area contributed by atoms with Gasteiger partial charge in [0.25, 0.3) is 11.7 Å². The standard InChI is InChI=1S/C29H30N2O4/c1-6-35-24-15-12-21(17-19(24)3)27(32)25-26(20-10-13-22(14-11-20)30(4)5)31(29(34)28(25)33)23-9-7-8-18(2)16-23/h7-17,26,32H,6H2,1-5H3/b27-25-. The van der Waals surface area contributed by atoms with Crippen molar-refractivity contribution in [2.24, 2.45) is 0 Å². The van der Waals surface area contributed by atoms with E-state index in [2.05, 4.69) is 0 Å². The highest BCUT2D eigenvalue weighted by Crippen LogP contribution is 2.43. The summed E-state index contributed by atoms with van der Waals surface area (Å²) in [6.45, 7) is 6.24. The zero-order chi connectivity index (χ0) is 25.3. The van der Waals surface area contributed by atoms with Gasteiger partial charge in [-0.2, -0.15) is 0 Å². The van der Waals surface area contributed by atoms with E-state index in [4.69, 9.17) is 4.74 Å². The number of benzene rings is 3. The average Bonchev–Trinajstić information content (AvgIpc) is 3.10. The van der Waals surface area contributed by atoms with E-state index in [9.17, 15) is 14.7 Å². The Hall–Kier alpha value is -4.06. The van der Waals surface area contributed by atoms with Crippen molar-refractivity contribution in [2.45, 2.75) is 26.8 Å². The number of Topliss-reactive ketones (excluding diaryl/α,β-unsaturated/α-hetero) is 1. The summed E-state index contributed by atoms with van der Waals surface area (Å²) in [4.78, 5) is 30.1. The van der Waals surface area contributed by atoms with Gasteiger partial charge in [-0.3, -0.25) is 14.5 Å². The molecule has 3 aromatic rings. The molecule has 0 aromatic heterocycles. The number of carbonyl (C=O) groups is 2. The molecular weight excluding hydrogens is 440 g/mol. The number of hydrogen-bond acceptors (Lipinski definition) is 5. The Bertz CT molecular complexity index is 1310. The predicted octanol–water partition coefficient (Wildman–Crippen LogP) is 5.39. The van der Waals surface area contributed by atoms with E-state index in [0.29, 0.717) is 23.6 Å². The first-order valence-electron chi connectivity index (χ1n) is 11.6. The van der Waals surface area contributed by atoms with Gasteiger partial charge in [0.2, 0.25) is 0 Å². The molecule has 0 saturated carbocycles. The molecule has 180 valence electrons. The molecule has 1 fully saturated rings. The maximum absolute atomic E-state index is 13.4. The lowest BCUT2D eigenvalue weighted by Crippen LogP contribution is -2.29. The highest BCUT2D eigenvalue weighted by Gasteiger charge is 2.47. The quantitative estimate of drug-likeness (QED) is 0.297. The third-order valence-corrected chi connectivity index (χ3v) is 6.20. The molecular formula is C29H30N2O4. The molecule has 35 heavy (non-hydrogen) atoms. The second-order valence-electron chi connectivity index (χ2n) is 8.91. The Balaban J connectivity index is 1.91. The van der Waals surface area contributed by atoms with Crippen LogP contribution in [-0.2, 0) is 9.59 Å². The van der Waals surface area contributed by atoms with E-state index in [1.165, 1.54) is 4.90 Å². The van der Waals surface area contributed by atoms with Crippen molar-refractivity contribution < 1.29 is 19.4 Å². The Kier molecular flexibility index (Phi) is 6.65. The SMILES string of the molecule is CCOc1ccc(/C(O)=C2/C(=O)C(=O)N(c3cccc(C)c3)C2c2ccc(N(C)C)cc2)cc1C. The summed E-state index contributed by atoms with van der Waals surface area (Å²) in [6.07, 6.45) is 0. The number of anilines is 2. The molecule has 1 aliphatic heterocycles. The summed E-state index contributed by atoms with van der Waals surface area (Å²) in [5.41, 5.74) is 4.66. The number of ketones is 1. The molecule has 0 bridgehead atoms. The van der Waals surface area contributed by atoms with Crippen molar-refractivity contribution in [3.05, 3.63) is 94.6 Å². The third kappa shape index (κ3) is 4.52. The van der Waals surface area contributed by atoms with Crippen molar-refractivity contribution in [3.63, 3.8) is 0 Å². The van der Waals surface area contributed by atoms with Crippen LogP contribution in [0.1, 0.15) is 35.2 Å². The van der Waals surface area contributed by atoms with Crippen LogP contribution in [0.5, 0.6) is 5.75 Å². The van der Waals surface area contributed by atoms with Gasteiger partial charge in [-0.1, -0.05) is 24.3 Å². The van der Waals surface area contributed by atoms with E-state index in [-0.39, 0.29) is 11.3 Å². The van der Waals surface area contributed by atoms with E-state index in [0.717, 1.165) is 22.4 Å². The van der Waals surface area contributed by atoms with Crippen molar-refractivity contribution >= 4 is 28.8 Å². The van der Waals surface area contributed by atoms with Crippen LogP contribution in [-0.4, -0.2) is 37.5 Å². The monoisotopic (exact) mass is 470 g/mol. The first kappa shape index (κ1) is 24.1. The summed E-state index contributed by atoms with van der Waals surface area (Å²) in [7, 11) is 3.89. The van der Waals surface area contributed by atoms with E-state index in [1.807, 2.05) is 82.2 Å². The van der Waals surface area contributed by atoms with Gasteiger partial charge in [0.1, 0.15) is 11.5 Å². The van der Waals surface area contributed by atoms with Gasteiger partial charge in [-0.05, 0) is 79.9 Å². The molecule has 0 aliphatic carbocycles. The number of ether oxygens (including phenoxy) is 1. The largest absolute Gasteiger partial charge is 0.507 e. The summed E-state index contributed by atoms with van der Waals surface area (Å²) in [5, 5.41) is 11.4. The van der Waals surface area contributed by atoms with Crippen LogP contribution < -0.4 is 14.5 Å². The maximum atomic E-state index is 13.4. The second-order valence-corrected chi connectivity index (χ2v) is 8.91. The van der Waals surface area contributed by atoms with Gasteiger partial charge in [0, 0.05) is 31.0 Å². The fourth-order valence-corrected chi connectivity index (χ4v) is 4.42. The molecule has 1 saturated heterocycles. The molecule has 1 amide bonds. The number of carbonyl (C=O) groups excluding carboxylic acids is 2. The summed E-state index contributed by atoms with van der Waals surface area (Å²) >= 11 is 0. The molecule has 6 nitrogen and oxygen atoms in total. The highest BCUT2D eigenvalue weighted by atomic mass is 16.5. The lowest BCUT2D eigenvalue weighted by Gasteiger charge is -2.26. The molecule has 4 rings (SSSR count). The predicted molar refractivity (Wildman–Crippen MR) is 139 cm³/mol. The summed E-state index contributed by atoms with van der Waals surface area (Å²) in [6, 6.07) is 19.6. The molecule has 1 atom stereocenters. The molecule has 1 heterocycles. The summed E-state index contributed by atoms with van der Waals surface area (Å²) < 4.78 is 5.61. The highest BCUT2D eigenvalue weighted by molar-refractivity contribution is 6.51. The Morgan fingerprint density at radius 2 is 1.71 bits per heavy atom. The fraction of sp³-hybridized carbons (Fsp3) is 0.241. The van der Waals surface area contributed by atoms with Crippen LogP contribution in [0, 0.1) is 13.8 Å². The van der Waals surface area contributed by atoms with Gasteiger partial charge in [0.05, 0.1) is 18.2 Å². The first-order valence-corrected chi connectivity index (χ1v) is 11.6. The maximum Gasteiger partial charge on any atom is 0.300 e. The van der Waals surface area contributed by atoms with Crippen LogP contribution in [0.4, 0.5) is 11.4 Å². The lowest BCUT2D eigenvalue weighted by molar-refractivity contribution is -0.132. The second kappa shape index (κ2) is 9.66. The van der Waals surface area contributed by atoms with Gasteiger partial charge in [-0.15, -0.1) is 0 Å². The Labute approximate surface area is 206 Å². The Morgan fingerprint density at radius 3 is 2.31 bits per heavy atom. The van der Waals surface area contributed by atoms with Crippen molar-refractivity contribution in [1.82, 2.24) is 0 Å². The van der Waals surface area contributed by atoms with Crippen molar-refractivity contribution in [2.75, 3.05) is 30.5 Å². The minimum absolute atomic E-state index is 0.0673. The number of amides is 1. The number of aliphatic hydroxyl groups is 1. The zero-order valence-electron chi connectivity index (χ0n) is 20.7. The van der Waals surface area contributed by atoms with Crippen LogP contribution in [0.25, 0.3) is 5.76 Å². The number of aliphatic hydroxyl groups excluding tert-OH is 1. The number of aryl methyl sites for hydroxylation is 2. The fourth-order valence-electron chi connectivity index (χ4n) is 4.42. The third-order valence-electron chi connectivity index (χ3n) is 6.20. The van der Waals surface area contributed by atoms with E-state index in [1.54, 1.807) is 24.3 Å². The molecule has 1 N–H and O–H groups in total. The number of rotatable bonds is 6. The number of nitrogens with zero attached hydrogens (tertiary/aromatic N) is 2. The molecule has 3 aromatic carbocycles. The molecule has 0 spiro atoms.